The van der Waals surface area contributed by atoms with Crippen LogP contribution in [0.15, 0.2) is 12.2 Å². The van der Waals surface area contributed by atoms with E-state index in [9.17, 15) is 4.79 Å². The van der Waals surface area contributed by atoms with E-state index in [0.29, 0.717) is 5.57 Å². The maximum Gasteiger partial charge on any atom is 0.246 e. The van der Waals surface area contributed by atoms with Gasteiger partial charge in [0.1, 0.15) is 0 Å². The fraction of sp³-hybridized carbons (Fsp3) is 0.727. The van der Waals surface area contributed by atoms with Crippen LogP contribution in [0.4, 0.5) is 0 Å². The second kappa shape index (κ2) is 7.43. The molecule has 0 aliphatic carbocycles. The molecule has 0 saturated heterocycles. The summed E-state index contributed by atoms with van der Waals surface area (Å²) in [6.45, 7) is 7.30. The van der Waals surface area contributed by atoms with Crippen LogP contribution in [0.3, 0.4) is 0 Å². The molecule has 0 fully saturated rings. The van der Waals surface area contributed by atoms with E-state index in [1.165, 1.54) is 0 Å². The predicted molar refractivity (Wildman–Crippen MR) is 59.5 cm³/mol. The first-order valence-corrected chi connectivity index (χ1v) is 5.08. The molecule has 1 N–H and O–H groups in total. The molecular formula is C11H21NO3. The van der Waals surface area contributed by atoms with Crippen LogP contribution in [0.25, 0.3) is 0 Å². The topological polar surface area (TPSA) is 47.6 Å². The Labute approximate surface area is 91.6 Å². The number of ether oxygens (including phenoxy) is 2. The maximum atomic E-state index is 11.4. The summed E-state index contributed by atoms with van der Waals surface area (Å²) in [5.74, 6) is -0.160. The predicted octanol–water partition coefficient (Wildman–Crippen LogP) is 1.47. The minimum absolute atomic E-state index is 0.130. The van der Waals surface area contributed by atoms with Crippen molar-refractivity contribution in [2.75, 3.05) is 14.2 Å². The molecule has 0 aliphatic rings. The van der Waals surface area contributed by atoms with Crippen molar-refractivity contribution in [3.63, 3.8) is 0 Å². The highest BCUT2D eigenvalue weighted by Crippen LogP contribution is 2.07. The van der Waals surface area contributed by atoms with E-state index < -0.39 is 6.29 Å². The lowest BCUT2D eigenvalue weighted by Crippen LogP contribution is -2.45. The number of hydrogen-bond donors (Lipinski definition) is 1. The van der Waals surface area contributed by atoms with Crippen LogP contribution >= 0.6 is 0 Å². The second-order valence-electron chi connectivity index (χ2n) is 3.49. The summed E-state index contributed by atoms with van der Waals surface area (Å²) in [7, 11) is 3.12. The molecule has 88 valence electrons. The van der Waals surface area contributed by atoms with Crippen LogP contribution in [-0.4, -0.2) is 32.5 Å². The molecule has 0 spiro atoms. The Morgan fingerprint density at radius 1 is 1.40 bits per heavy atom. The van der Waals surface area contributed by atoms with E-state index >= 15 is 0 Å². The number of hydrogen-bond acceptors (Lipinski definition) is 3. The van der Waals surface area contributed by atoms with Crippen molar-refractivity contribution in [1.29, 1.82) is 0 Å². The van der Waals surface area contributed by atoms with E-state index in [-0.39, 0.29) is 11.9 Å². The van der Waals surface area contributed by atoms with Gasteiger partial charge in [0, 0.05) is 19.8 Å². The molecule has 0 aromatic rings. The molecule has 4 nitrogen and oxygen atoms in total. The first kappa shape index (κ1) is 14.1. The smallest absolute Gasteiger partial charge is 0.246 e. The van der Waals surface area contributed by atoms with Gasteiger partial charge in [0.2, 0.25) is 5.91 Å². The number of amides is 1. The molecule has 0 aliphatic heterocycles. The minimum atomic E-state index is -0.409. The average molecular weight is 215 g/mol. The zero-order chi connectivity index (χ0) is 11.8. The molecule has 15 heavy (non-hydrogen) atoms. The number of carbonyl (C=O) groups excluding carboxylic acids is 1. The van der Waals surface area contributed by atoms with E-state index in [1.807, 2.05) is 6.92 Å². The lowest BCUT2D eigenvalue weighted by molar-refractivity contribution is -0.136. The van der Waals surface area contributed by atoms with Gasteiger partial charge in [0.05, 0.1) is 6.04 Å². The second-order valence-corrected chi connectivity index (χ2v) is 3.49. The van der Waals surface area contributed by atoms with Crippen molar-refractivity contribution >= 4 is 5.91 Å². The van der Waals surface area contributed by atoms with Crippen LogP contribution < -0.4 is 5.32 Å². The van der Waals surface area contributed by atoms with Crippen LogP contribution in [0, 0.1) is 0 Å². The Bertz CT molecular complexity index is 212. The molecule has 4 heteroatoms. The van der Waals surface area contributed by atoms with Gasteiger partial charge in [-0.25, -0.2) is 0 Å². The lowest BCUT2D eigenvalue weighted by Gasteiger charge is -2.25. The van der Waals surface area contributed by atoms with Crippen molar-refractivity contribution < 1.29 is 14.3 Å². The van der Waals surface area contributed by atoms with E-state index in [2.05, 4.69) is 11.9 Å². The zero-order valence-corrected chi connectivity index (χ0v) is 10.0. The fourth-order valence-corrected chi connectivity index (χ4v) is 1.30. The summed E-state index contributed by atoms with van der Waals surface area (Å²) < 4.78 is 10.3. The number of rotatable bonds is 7. The molecule has 1 amide bonds. The van der Waals surface area contributed by atoms with E-state index in [4.69, 9.17) is 9.47 Å². The van der Waals surface area contributed by atoms with Gasteiger partial charge in [-0.1, -0.05) is 19.9 Å². The van der Waals surface area contributed by atoms with Gasteiger partial charge < -0.3 is 14.8 Å². The largest absolute Gasteiger partial charge is 0.354 e. The monoisotopic (exact) mass is 215 g/mol. The Kier molecular flexibility index (Phi) is 6.99. The van der Waals surface area contributed by atoms with Crippen LogP contribution in [0.1, 0.15) is 26.7 Å². The molecule has 0 rings (SSSR count). The van der Waals surface area contributed by atoms with E-state index in [1.54, 1.807) is 21.1 Å². The SMILES string of the molecule is C=C(C)C(=O)NC(CCC)C(OC)OC. The molecule has 1 unspecified atom stereocenters. The highest BCUT2D eigenvalue weighted by atomic mass is 16.7. The summed E-state index contributed by atoms with van der Waals surface area (Å²) >= 11 is 0. The third kappa shape index (κ3) is 4.95. The molecule has 0 heterocycles. The summed E-state index contributed by atoms with van der Waals surface area (Å²) in [6, 6.07) is -0.130. The summed E-state index contributed by atoms with van der Waals surface area (Å²) in [5.41, 5.74) is 0.488. The molecule has 0 saturated carbocycles. The Morgan fingerprint density at radius 3 is 2.27 bits per heavy atom. The van der Waals surface area contributed by atoms with Crippen LogP contribution in [0.2, 0.25) is 0 Å². The third-order valence-corrected chi connectivity index (χ3v) is 2.10. The lowest BCUT2D eigenvalue weighted by atomic mass is 10.1. The van der Waals surface area contributed by atoms with Crippen molar-refractivity contribution in [3.8, 4) is 0 Å². The average Bonchev–Trinajstić information content (AvgIpc) is 2.19. The zero-order valence-electron chi connectivity index (χ0n) is 10.0. The number of carbonyl (C=O) groups is 1. The number of methoxy groups -OCH3 is 2. The molecule has 1 atom stereocenters. The van der Waals surface area contributed by atoms with Gasteiger partial charge in [-0.3, -0.25) is 4.79 Å². The van der Waals surface area contributed by atoms with Crippen molar-refractivity contribution in [2.45, 2.75) is 39.0 Å². The van der Waals surface area contributed by atoms with Crippen LogP contribution in [-0.2, 0) is 14.3 Å². The normalized spacial score (nSPS) is 12.6. The molecular weight excluding hydrogens is 194 g/mol. The van der Waals surface area contributed by atoms with Crippen molar-refractivity contribution in [1.82, 2.24) is 5.32 Å². The molecule has 0 radical (unpaired) electrons. The summed E-state index contributed by atoms with van der Waals surface area (Å²) in [6.07, 6.45) is 1.35. The first-order valence-electron chi connectivity index (χ1n) is 5.08. The molecule has 0 aromatic carbocycles. The van der Waals surface area contributed by atoms with Gasteiger partial charge in [0.15, 0.2) is 6.29 Å². The Hall–Kier alpha value is -0.870. The first-order chi connectivity index (χ1) is 7.06. The number of nitrogens with one attached hydrogen (secondary N) is 1. The Balaban J connectivity index is 4.37. The van der Waals surface area contributed by atoms with Gasteiger partial charge >= 0.3 is 0 Å². The fourth-order valence-electron chi connectivity index (χ4n) is 1.30. The standard InChI is InChI=1S/C11H21NO3/c1-6-7-9(11(14-4)15-5)12-10(13)8(2)3/h9,11H,2,6-7H2,1,3-5H3,(H,12,13). The Morgan fingerprint density at radius 2 is 1.93 bits per heavy atom. The van der Waals surface area contributed by atoms with Gasteiger partial charge in [-0.2, -0.15) is 0 Å². The molecule has 0 aromatic heterocycles. The maximum absolute atomic E-state index is 11.4. The van der Waals surface area contributed by atoms with Gasteiger partial charge in [0.25, 0.3) is 0 Å². The minimum Gasteiger partial charge on any atom is -0.354 e. The highest BCUT2D eigenvalue weighted by Gasteiger charge is 2.21. The third-order valence-electron chi connectivity index (χ3n) is 2.10. The quantitative estimate of drug-likeness (QED) is 0.516. The van der Waals surface area contributed by atoms with Crippen molar-refractivity contribution in [3.05, 3.63) is 12.2 Å². The summed E-state index contributed by atoms with van der Waals surface area (Å²) in [5, 5.41) is 2.83. The molecule has 0 bridgehead atoms. The van der Waals surface area contributed by atoms with E-state index in [0.717, 1.165) is 12.8 Å². The highest BCUT2D eigenvalue weighted by molar-refractivity contribution is 5.92. The van der Waals surface area contributed by atoms with Gasteiger partial charge in [-0.15, -0.1) is 0 Å². The van der Waals surface area contributed by atoms with Gasteiger partial charge in [-0.05, 0) is 13.3 Å². The van der Waals surface area contributed by atoms with Crippen LogP contribution in [0.5, 0.6) is 0 Å². The van der Waals surface area contributed by atoms with Crippen molar-refractivity contribution in [2.24, 2.45) is 0 Å². The summed E-state index contributed by atoms with van der Waals surface area (Å²) in [4.78, 5) is 11.4.